The van der Waals surface area contributed by atoms with E-state index in [0.29, 0.717) is 22.4 Å². The topological polar surface area (TPSA) is 63.1 Å². The van der Waals surface area contributed by atoms with Crippen LogP contribution in [0.1, 0.15) is 17.9 Å². The van der Waals surface area contributed by atoms with Crippen molar-refractivity contribution >= 4 is 16.9 Å². The molecule has 1 heterocycles. The van der Waals surface area contributed by atoms with Crippen LogP contribution in [0.5, 0.6) is 0 Å². The van der Waals surface area contributed by atoms with Crippen LogP contribution in [0.3, 0.4) is 0 Å². The molecule has 0 aliphatic carbocycles. The molecule has 17 heavy (non-hydrogen) atoms. The molecule has 1 aromatic carbocycles. The fourth-order valence-corrected chi connectivity index (χ4v) is 1.71. The molecule has 0 atom stereocenters. The van der Waals surface area contributed by atoms with Gasteiger partial charge in [0.25, 0.3) is 0 Å². The molecule has 0 saturated heterocycles. The average Bonchev–Trinajstić information content (AvgIpc) is 2.26. The predicted octanol–water partition coefficient (Wildman–Crippen LogP) is 2.09. The van der Waals surface area contributed by atoms with Gasteiger partial charge in [0.05, 0.1) is 23.0 Å². The zero-order valence-electron chi connectivity index (χ0n) is 9.27. The molecule has 2 rings (SSSR count). The third-order valence-corrected chi connectivity index (χ3v) is 2.46. The maximum Gasteiger partial charge on any atom is 0.303 e. The first-order chi connectivity index (χ1) is 8.08. The van der Waals surface area contributed by atoms with E-state index in [1.807, 2.05) is 0 Å². The average molecular weight is 234 g/mol. The van der Waals surface area contributed by atoms with Crippen molar-refractivity contribution in [2.24, 2.45) is 0 Å². The number of carboxylic acid groups (broad SMARTS) is 1. The van der Waals surface area contributed by atoms with Crippen molar-refractivity contribution in [3.8, 4) is 0 Å². The molecule has 0 unspecified atom stereocenters. The lowest BCUT2D eigenvalue weighted by Gasteiger charge is -2.05. The smallest absolute Gasteiger partial charge is 0.303 e. The standard InChI is InChI=1S/C12H11FN2O2/c1-7-12-8(13)3-2-4-9(12)15-10(14-7)5-6-11(16)17/h2-4H,5-6H2,1H3,(H,16,17). The normalized spacial score (nSPS) is 10.7. The lowest BCUT2D eigenvalue weighted by Crippen LogP contribution is -2.03. The molecular weight excluding hydrogens is 223 g/mol. The van der Waals surface area contributed by atoms with Gasteiger partial charge in [-0.15, -0.1) is 0 Å². The van der Waals surface area contributed by atoms with Crippen LogP contribution in [0.25, 0.3) is 10.9 Å². The van der Waals surface area contributed by atoms with Gasteiger partial charge in [-0.1, -0.05) is 6.07 Å². The van der Waals surface area contributed by atoms with Crippen molar-refractivity contribution in [3.05, 3.63) is 35.5 Å². The van der Waals surface area contributed by atoms with Crippen molar-refractivity contribution < 1.29 is 14.3 Å². The van der Waals surface area contributed by atoms with Gasteiger partial charge in [-0.3, -0.25) is 4.79 Å². The number of carbonyl (C=O) groups is 1. The predicted molar refractivity (Wildman–Crippen MR) is 60.2 cm³/mol. The Morgan fingerprint density at radius 2 is 2.18 bits per heavy atom. The molecule has 0 spiro atoms. The summed E-state index contributed by atoms with van der Waals surface area (Å²) in [5.41, 5.74) is 1.05. The third-order valence-electron chi connectivity index (χ3n) is 2.46. The molecule has 4 nitrogen and oxygen atoms in total. The van der Waals surface area contributed by atoms with Gasteiger partial charge < -0.3 is 5.11 Å². The van der Waals surface area contributed by atoms with E-state index >= 15 is 0 Å². The van der Waals surface area contributed by atoms with Gasteiger partial charge in [0, 0.05) is 6.42 Å². The summed E-state index contributed by atoms with van der Waals surface area (Å²) >= 11 is 0. The van der Waals surface area contributed by atoms with Gasteiger partial charge in [0.2, 0.25) is 0 Å². The Hall–Kier alpha value is -2.04. The van der Waals surface area contributed by atoms with Gasteiger partial charge in [-0.25, -0.2) is 14.4 Å². The summed E-state index contributed by atoms with van der Waals surface area (Å²) in [6.07, 6.45) is 0.225. The van der Waals surface area contributed by atoms with Crippen molar-refractivity contribution in [3.63, 3.8) is 0 Å². The third kappa shape index (κ3) is 2.38. The van der Waals surface area contributed by atoms with E-state index in [-0.39, 0.29) is 18.7 Å². The van der Waals surface area contributed by atoms with Crippen molar-refractivity contribution in [2.75, 3.05) is 0 Å². The van der Waals surface area contributed by atoms with E-state index in [0.717, 1.165) is 0 Å². The molecule has 0 saturated carbocycles. The molecule has 2 aromatic rings. The largest absolute Gasteiger partial charge is 0.481 e. The number of aromatic nitrogens is 2. The number of rotatable bonds is 3. The van der Waals surface area contributed by atoms with Crippen molar-refractivity contribution in [2.45, 2.75) is 19.8 Å². The summed E-state index contributed by atoms with van der Waals surface area (Å²) in [6.45, 7) is 1.69. The van der Waals surface area contributed by atoms with Crippen LogP contribution in [-0.2, 0) is 11.2 Å². The Labute approximate surface area is 97.1 Å². The number of fused-ring (bicyclic) bond motifs is 1. The van der Waals surface area contributed by atoms with E-state index in [2.05, 4.69) is 9.97 Å². The summed E-state index contributed by atoms with van der Waals surface area (Å²) in [6, 6.07) is 4.62. The zero-order chi connectivity index (χ0) is 12.4. The molecule has 88 valence electrons. The summed E-state index contributed by atoms with van der Waals surface area (Å²) in [5, 5.41) is 8.98. The number of aryl methyl sites for hydroxylation is 2. The number of hydrogen-bond donors (Lipinski definition) is 1. The van der Waals surface area contributed by atoms with E-state index in [4.69, 9.17) is 5.11 Å². The summed E-state index contributed by atoms with van der Waals surface area (Å²) in [5.74, 6) is -0.821. The fraction of sp³-hybridized carbons (Fsp3) is 0.250. The van der Waals surface area contributed by atoms with Crippen molar-refractivity contribution in [1.82, 2.24) is 9.97 Å². The van der Waals surface area contributed by atoms with E-state index in [1.165, 1.54) is 6.07 Å². The van der Waals surface area contributed by atoms with E-state index in [1.54, 1.807) is 19.1 Å². The maximum atomic E-state index is 13.5. The lowest BCUT2D eigenvalue weighted by molar-refractivity contribution is -0.137. The molecule has 0 fully saturated rings. The quantitative estimate of drug-likeness (QED) is 0.883. The number of carboxylic acids is 1. The number of halogens is 1. The van der Waals surface area contributed by atoms with Crippen LogP contribution in [0, 0.1) is 12.7 Å². The molecule has 0 amide bonds. The monoisotopic (exact) mass is 234 g/mol. The van der Waals surface area contributed by atoms with Crippen LogP contribution >= 0.6 is 0 Å². The molecule has 1 N–H and O–H groups in total. The van der Waals surface area contributed by atoms with Gasteiger partial charge in [-0.05, 0) is 19.1 Å². The highest BCUT2D eigenvalue weighted by molar-refractivity contribution is 5.81. The van der Waals surface area contributed by atoms with E-state index in [9.17, 15) is 9.18 Å². The Kier molecular flexibility index (Phi) is 2.99. The Bertz CT molecular complexity index is 584. The minimum absolute atomic E-state index is 0.0275. The summed E-state index contributed by atoms with van der Waals surface area (Å²) in [4.78, 5) is 18.7. The molecule has 0 aliphatic heterocycles. The molecule has 0 bridgehead atoms. The van der Waals surface area contributed by atoms with Gasteiger partial charge in [0.1, 0.15) is 11.6 Å². The lowest BCUT2D eigenvalue weighted by atomic mass is 10.1. The first kappa shape index (κ1) is 11.4. The minimum atomic E-state index is -0.898. The van der Waals surface area contributed by atoms with E-state index < -0.39 is 5.97 Å². The zero-order valence-corrected chi connectivity index (χ0v) is 9.27. The first-order valence-electron chi connectivity index (χ1n) is 5.21. The minimum Gasteiger partial charge on any atom is -0.481 e. The second-order valence-corrected chi connectivity index (χ2v) is 3.75. The molecule has 5 heteroatoms. The van der Waals surface area contributed by atoms with Crippen LogP contribution < -0.4 is 0 Å². The SMILES string of the molecule is Cc1nc(CCC(=O)O)nc2cccc(F)c12. The highest BCUT2D eigenvalue weighted by atomic mass is 19.1. The Morgan fingerprint density at radius 1 is 1.41 bits per heavy atom. The molecule has 0 radical (unpaired) electrons. The van der Waals surface area contributed by atoms with Crippen LogP contribution in [0.4, 0.5) is 4.39 Å². The van der Waals surface area contributed by atoms with Crippen LogP contribution in [0.15, 0.2) is 18.2 Å². The maximum absolute atomic E-state index is 13.5. The molecular formula is C12H11FN2O2. The Balaban J connectivity index is 2.45. The highest BCUT2D eigenvalue weighted by Crippen LogP contribution is 2.19. The van der Waals surface area contributed by atoms with Gasteiger partial charge in [0.15, 0.2) is 0 Å². The molecule has 1 aromatic heterocycles. The Morgan fingerprint density at radius 3 is 2.88 bits per heavy atom. The summed E-state index contributed by atoms with van der Waals surface area (Å²) in [7, 11) is 0. The number of aliphatic carboxylic acids is 1. The number of hydrogen-bond acceptors (Lipinski definition) is 3. The fourth-order valence-electron chi connectivity index (χ4n) is 1.71. The highest BCUT2D eigenvalue weighted by Gasteiger charge is 2.09. The van der Waals surface area contributed by atoms with Crippen LogP contribution in [0.2, 0.25) is 0 Å². The molecule has 0 aliphatic rings. The van der Waals surface area contributed by atoms with Gasteiger partial charge in [-0.2, -0.15) is 0 Å². The van der Waals surface area contributed by atoms with Crippen molar-refractivity contribution in [1.29, 1.82) is 0 Å². The second-order valence-electron chi connectivity index (χ2n) is 3.75. The van der Waals surface area contributed by atoms with Crippen LogP contribution in [-0.4, -0.2) is 21.0 Å². The second kappa shape index (κ2) is 4.45. The first-order valence-corrected chi connectivity index (χ1v) is 5.21. The van der Waals surface area contributed by atoms with Gasteiger partial charge >= 0.3 is 5.97 Å². The number of nitrogens with zero attached hydrogens (tertiary/aromatic N) is 2. The number of benzene rings is 1. The summed E-state index contributed by atoms with van der Waals surface area (Å²) < 4.78 is 13.5.